The Morgan fingerprint density at radius 3 is 2.63 bits per heavy atom. The van der Waals surface area contributed by atoms with Crippen LogP contribution in [0.2, 0.25) is 5.15 Å². The van der Waals surface area contributed by atoms with Gasteiger partial charge < -0.3 is 5.73 Å². The highest BCUT2D eigenvalue weighted by atomic mass is 79.9. The lowest BCUT2D eigenvalue weighted by atomic mass is 9.99. The number of rotatable bonds is 3. The van der Waals surface area contributed by atoms with Gasteiger partial charge in [-0.2, -0.15) is 5.10 Å². The van der Waals surface area contributed by atoms with E-state index >= 15 is 0 Å². The first-order valence-corrected chi connectivity index (χ1v) is 7.27. The Kier molecular flexibility index (Phi) is 4.33. The molecule has 0 fully saturated rings. The molecule has 1 atom stereocenters. The Labute approximate surface area is 126 Å². The number of hydrogen-bond acceptors (Lipinski definition) is 2. The normalized spacial score (nSPS) is 12.7. The number of hydrogen-bond donors (Lipinski definition) is 1. The molecule has 2 aromatic rings. The first-order valence-electron chi connectivity index (χ1n) is 6.09. The van der Waals surface area contributed by atoms with Crippen molar-refractivity contribution in [2.45, 2.75) is 26.3 Å². The molecular formula is C14H17BrClN3. The molecule has 0 bridgehead atoms. The fourth-order valence-electron chi connectivity index (χ4n) is 2.14. The van der Waals surface area contributed by atoms with Crippen LogP contribution in [0.25, 0.3) is 0 Å². The lowest BCUT2D eigenvalue weighted by Crippen LogP contribution is -2.14. The molecule has 1 aromatic heterocycles. The van der Waals surface area contributed by atoms with Crippen LogP contribution in [0.4, 0.5) is 0 Å². The van der Waals surface area contributed by atoms with Crippen molar-refractivity contribution < 1.29 is 0 Å². The lowest BCUT2D eigenvalue weighted by Gasteiger charge is -2.13. The number of aromatic nitrogens is 2. The van der Waals surface area contributed by atoms with Crippen LogP contribution in [-0.2, 0) is 13.5 Å². The predicted octanol–water partition coefficient (Wildman–Crippen LogP) is 3.70. The largest absolute Gasteiger partial charge is 0.324 e. The maximum absolute atomic E-state index is 6.28. The molecule has 0 radical (unpaired) electrons. The third kappa shape index (κ3) is 3.02. The summed E-state index contributed by atoms with van der Waals surface area (Å²) in [6.07, 6.45) is 0.694. The van der Waals surface area contributed by atoms with E-state index in [0.717, 1.165) is 21.3 Å². The molecule has 2 N–H and O–H groups in total. The quantitative estimate of drug-likeness (QED) is 0.924. The van der Waals surface area contributed by atoms with Crippen molar-refractivity contribution in [1.29, 1.82) is 0 Å². The molecule has 5 heteroatoms. The molecule has 0 aliphatic heterocycles. The zero-order valence-corrected chi connectivity index (χ0v) is 13.6. The molecule has 1 heterocycles. The van der Waals surface area contributed by atoms with Crippen LogP contribution < -0.4 is 5.73 Å². The lowest BCUT2D eigenvalue weighted by molar-refractivity contribution is 0.717. The highest BCUT2D eigenvalue weighted by molar-refractivity contribution is 9.10. The van der Waals surface area contributed by atoms with Crippen LogP contribution in [0, 0.1) is 13.8 Å². The first-order chi connectivity index (χ1) is 8.90. The zero-order chi connectivity index (χ0) is 14.2. The molecule has 0 spiro atoms. The summed E-state index contributed by atoms with van der Waals surface area (Å²) in [5.74, 6) is 0. The van der Waals surface area contributed by atoms with E-state index in [0.29, 0.717) is 11.6 Å². The van der Waals surface area contributed by atoms with Crippen LogP contribution in [0.5, 0.6) is 0 Å². The van der Waals surface area contributed by atoms with Crippen molar-refractivity contribution in [2.75, 3.05) is 0 Å². The Morgan fingerprint density at radius 2 is 2.11 bits per heavy atom. The minimum absolute atomic E-state index is 0.0767. The first kappa shape index (κ1) is 14.6. The van der Waals surface area contributed by atoms with Crippen molar-refractivity contribution in [3.8, 4) is 0 Å². The van der Waals surface area contributed by atoms with Gasteiger partial charge in [0, 0.05) is 23.1 Å². The molecule has 0 saturated carbocycles. The van der Waals surface area contributed by atoms with E-state index in [1.165, 1.54) is 5.56 Å². The van der Waals surface area contributed by atoms with Gasteiger partial charge in [-0.05, 0) is 37.5 Å². The van der Waals surface area contributed by atoms with E-state index in [2.05, 4.69) is 34.0 Å². The molecule has 19 heavy (non-hydrogen) atoms. The van der Waals surface area contributed by atoms with E-state index in [9.17, 15) is 0 Å². The fraction of sp³-hybridized carbons (Fsp3) is 0.357. The van der Waals surface area contributed by atoms with E-state index in [4.69, 9.17) is 17.3 Å². The maximum Gasteiger partial charge on any atom is 0.130 e. The Bertz CT molecular complexity index is 607. The van der Waals surface area contributed by atoms with Gasteiger partial charge in [-0.15, -0.1) is 0 Å². The second-order valence-corrected chi connectivity index (χ2v) is 6.01. The van der Waals surface area contributed by atoms with Gasteiger partial charge in [0.1, 0.15) is 5.15 Å². The molecular weight excluding hydrogens is 326 g/mol. The average Bonchev–Trinajstić information content (AvgIpc) is 2.59. The molecule has 0 aliphatic carbocycles. The van der Waals surface area contributed by atoms with Crippen molar-refractivity contribution in [3.63, 3.8) is 0 Å². The molecule has 3 nitrogen and oxygen atoms in total. The van der Waals surface area contributed by atoms with Crippen LogP contribution in [-0.4, -0.2) is 9.78 Å². The summed E-state index contributed by atoms with van der Waals surface area (Å²) >= 11 is 9.74. The molecule has 1 unspecified atom stereocenters. The molecule has 0 amide bonds. The van der Waals surface area contributed by atoms with Crippen LogP contribution in [0.1, 0.15) is 28.4 Å². The number of nitrogens with zero attached hydrogens (tertiary/aromatic N) is 2. The summed E-state index contributed by atoms with van der Waals surface area (Å²) in [6, 6.07) is 6.10. The van der Waals surface area contributed by atoms with Crippen LogP contribution >= 0.6 is 27.5 Å². The molecule has 0 saturated heterocycles. The SMILES string of the molecule is Cc1cc(C(N)Cc2c(C)nn(C)c2Cl)ccc1Br. The standard InChI is InChI=1S/C14H17BrClN3/c1-8-6-10(4-5-12(8)15)13(17)7-11-9(2)18-19(3)14(11)16/h4-6,13H,7,17H2,1-3H3. The van der Waals surface area contributed by atoms with Crippen molar-refractivity contribution in [2.24, 2.45) is 12.8 Å². The summed E-state index contributed by atoms with van der Waals surface area (Å²) in [7, 11) is 1.84. The minimum atomic E-state index is -0.0767. The van der Waals surface area contributed by atoms with Crippen LogP contribution in [0.15, 0.2) is 22.7 Å². The Hall–Kier alpha value is -0.840. The minimum Gasteiger partial charge on any atom is -0.324 e. The van der Waals surface area contributed by atoms with Gasteiger partial charge in [-0.25, -0.2) is 0 Å². The van der Waals surface area contributed by atoms with Crippen molar-refractivity contribution in [1.82, 2.24) is 9.78 Å². The van der Waals surface area contributed by atoms with E-state index in [1.54, 1.807) is 4.68 Å². The topological polar surface area (TPSA) is 43.8 Å². The molecule has 1 aromatic carbocycles. The van der Waals surface area contributed by atoms with Gasteiger partial charge in [-0.3, -0.25) is 4.68 Å². The average molecular weight is 343 g/mol. The summed E-state index contributed by atoms with van der Waals surface area (Å²) in [5, 5.41) is 4.98. The van der Waals surface area contributed by atoms with Gasteiger partial charge in [-0.1, -0.05) is 39.7 Å². The van der Waals surface area contributed by atoms with E-state index in [1.807, 2.05) is 26.1 Å². The summed E-state index contributed by atoms with van der Waals surface area (Å²) in [4.78, 5) is 0. The summed E-state index contributed by atoms with van der Waals surface area (Å²) < 4.78 is 2.78. The third-order valence-electron chi connectivity index (χ3n) is 3.30. The van der Waals surface area contributed by atoms with E-state index < -0.39 is 0 Å². The highest BCUT2D eigenvalue weighted by Gasteiger charge is 2.16. The summed E-state index contributed by atoms with van der Waals surface area (Å²) in [6.45, 7) is 4.02. The Morgan fingerprint density at radius 1 is 1.42 bits per heavy atom. The van der Waals surface area contributed by atoms with Gasteiger partial charge in [0.25, 0.3) is 0 Å². The van der Waals surface area contributed by atoms with Crippen molar-refractivity contribution in [3.05, 3.63) is 50.2 Å². The van der Waals surface area contributed by atoms with Gasteiger partial charge >= 0.3 is 0 Å². The van der Waals surface area contributed by atoms with Gasteiger partial charge in [0.05, 0.1) is 5.69 Å². The number of nitrogens with two attached hydrogens (primary N) is 1. The number of benzene rings is 1. The zero-order valence-electron chi connectivity index (χ0n) is 11.2. The van der Waals surface area contributed by atoms with E-state index in [-0.39, 0.29) is 6.04 Å². The highest BCUT2D eigenvalue weighted by Crippen LogP contribution is 2.26. The Balaban J connectivity index is 2.25. The van der Waals surface area contributed by atoms with Gasteiger partial charge in [0.2, 0.25) is 0 Å². The number of aryl methyl sites for hydroxylation is 3. The molecule has 2 rings (SSSR count). The fourth-order valence-corrected chi connectivity index (χ4v) is 2.64. The molecule has 0 aliphatic rings. The molecule has 102 valence electrons. The second kappa shape index (κ2) is 5.65. The number of halogens is 2. The smallest absolute Gasteiger partial charge is 0.130 e. The van der Waals surface area contributed by atoms with Gasteiger partial charge in [0.15, 0.2) is 0 Å². The summed E-state index contributed by atoms with van der Waals surface area (Å²) in [5.41, 5.74) is 10.5. The second-order valence-electron chi connectivity index (χ2n) is 4.80. The predicted molar refractivity (Wildman–Crippen MR) is 82.5 cm³/mol. The van der Waals surface area contributed by atoms with Crippen molar-refractivity contribution >= 4 is 27.5 Å². The monoisotopic (exact) mass is 341 g/mol. The third-order valence-corrected chi connectivity index (χ3v) is 4.67. The maximum atomic E-state index is 6.28. The van der Waals surface area contributed by atoms with Crippen LogP contribution in [0.3, 0.4) is 0 Å².